The number of carbonyl (C=O) groups excluding carboxylic acids is 2. The fourth-order valence-electron chi connectivity index (χ4n) is 3.88. The Bertz CT molecular complexity index is 1380. The molecule has 0 aliphatic carbocycles. The van der Waals surface area contributed by atoms with Gasteiger partial charge in [-0.15, -0.1) is 0 Å². The van der Waals surface area contributed by atoms with Crippen molar-refractivity contribution in [3.8, 4) is 17.6 Å². The van der Waals surface area contributed by atoms with Crippen molar-refractivity contribution in [2.75, 3.05) is 21.3 Å². The predicted molar refractivity (Wildman–Crippen MR) is 130 cm³/mol. The van der Waals surface area contributed by atoms with Crippen LogP contribution in [0.5, 0.6) is 5.75 Å². The van der Waals surface area contributed by atoms with Crippen molar-refractivity contribution in [1.29, 1.82) is 0 Å². The molecule has 170 valence electrons. The summed E-state index contributed by atoms with van der Waals surface area (Å²) in [5, 5.41) is 1.99. The number of ether oxygens (including phenoxy) is 3. The molecule has 3 aromatic carbocycles. The van der Waals surface area contributed by atoms with E-state index in [9.17, 15) is 9.59 Å². The van der Waals surface area contributed by atoms with Crippen LogP contribution in [0.2, 0.25) is 0 Å². The molecule has 0 bridgehead atoms. The third-order valence-corrected chi connectivity index (χ3v) is 5.56. The molecule has 6 nitrogen and oxygen atoms in total. The van der Waals surface area contributed by atoms with Crippen LogP contribution in [0.4, 0.5) is 0 Å². The van der Waals surface area contributed by atoms with E-state index in [-0.39, 0.29) is 5.70 Å². The maximum Gasteiger partial charge on any atom is 0.354 e. The normalized spacial score (nSPS) is 14.6. The van der Waals surface area contributed by atoms with Crippen molar-refractivity contribution >= 4 is 28.8 Å². The second kappa shape index (κ2) is 9.97. The first-order valence-corrected chi connectivity index (χ1v) is 10.6. The first kappa shape index (κ1) is 22.7. The lowest BCUT2D eigenvalue weighted by molar-refractivity contribution is -0.139. The number of fused-ring (bicyclic) bond motifs is 2. The average Bonchev–Trinajstić information content (AvgIpc) is 2.89. The van der Waals surface area contributed by atoms with Crippen molar-refractivity contribution < 1.29 is 23.8 Å². The lowest BCUT2D eigenvalue weighted by Crippen LogP contribution is -2.30. The zero-order chi connectivity index (χ0) is 24.1. The van der Waals surface area contributed by atoms with Gasteiger partial charge in [-0.1, -0.05) is 66.4 Å². The van der Waals surface area contributed by atoms with Crippen LogP contribution in [0.3, 0.4) is 0 Å². The molecule has 3 aromatic rings. The van der Waals surface area contributed by atoms with E-state index in [1.807, 2.05) is 66.7 Å². The molecule has 4 rings (SSSR count). The second-order valence-electron chi connectivity index (χ2n) is 7.43. The molecule has 1 aliphatic rings. The number of rotatable bonds is 4. The number of hydrogen-bond acceptors (Lipinski definition) is 6. The minimum absolute atomic E-state index is 0.0179. The third kappa shape index (κ3) is 4.37. The topological polar surface area (TPSA) is 65.1 Å². The molecule has 0 saturated heterocycles. The number of esters is 2. The van der Waals surface area contributed by atoms with Crippen LogP contribution in [0.15, 0.2) is 78.6 Å². The second-order valence-corrected chi connectivity index (χ2v) is 7.43. The molecule has 1 atom stereocenters. The summed E-state index contributed by atoms with van der Waals surface area (Å²) in [5.74, 6) is 5.89. The van der Waals surface area contributed by atoms with Crippen molar-refractivity contribution in [3.63, 3.8) is 0 Å². The van der Waals surface area contributed by atoms with Crippen molar-refractivity contribution in [2.45, 2.75) is 6.04 Å². The highest BCUT2D eigenvalue weighted by molar-refractivity contribution is 5.96. The van der Waals surface area contributed by atoms with E-state index < -0.39 is 18.0 Å². The van der Waals surface area contributed by atoms with Gasteiger partial charge < -0.3 is 19.1 Å². The maximum absolute atomic E-state index is 12.6. The Balaban J connectivity index is 1.90. The molecule has 1 heterocycles. The summed E-state index contributed by atoms with van der Waals surface area (Å²) in [5.41, 5.74) is 2.61. The molecular formula is C28H23NO5. The molecule has 0 radical (unpaired) electrons. The van der Waals surface area contributed by atoms with Crippen molar-refractivity contribution in [3.05, 3.63) is 95.3 Å². The smallest absolute Gasteiger partial charge is 0.354 e. The minimum atomic E-state index is -0.677. The zero-order valence-electron chi connectivity index (χ0n) is 19.1. The first-order chi connectivity index (χ1) is 16.6. The summed E-state index contributed by atoms with van der Waals surface area (Å²) >= 11 is 0. The molecule has 1 unspecified atom stereocenters. The van der Waals surface area contributed by atoms with E-state index >= 15 is 0 Å². The van der Waals surface area contributed by atoms with Crippen LogP contribution in [-0.2, 0) is 19.1 Å². The fraction of sp³-hybridized carbons (Fsp3) is 0.143. The maximum atomic E-state index is 12.6. The van der Waals surface area contributed by atoms with Crippen LogP contribution in [-0.4, -0.2) is 38.2 Å². The SMILES string of the molecule is COC(=O)/C=C(\C(=O)OC)N1C=Cc2ccccc2C1C#Cc1c(OC)ccc2ccccc12. The van der Waals surface area contributed by atoms with Gasteiger partial charge in [0.1, 0.15) is 17.5 Å². The molecule has 0 fully saturated rings. The quantitative estimate of drug-likeness (QED) is 0.330. The minimum Gasteiger partial charge on any atom is -0.495 e. The summed E-state index contributed by atoms with van der Waals surface area (Å²) < 4.78 is 15.3. The zero-order valence-corrected chi connectivity index (χ0v) is 19.1. The highest BCUT2D eigenvalue weighted by atomic mass is 16.5. The molecule has 0 saturated carbocycles. The Morgan fingerprint density at radius 3 is 2.47 bits per heavy atom. The Hall–Kier alpha value is -4.50. The van der Waals surface area contributed by atoms with Gasteiger partial charge in [0.15, 0.2) is 0 Å². The van der Waals surface area contributed by atoms with E-state index in [4.69, 9.17) is 14.2 Å². The first-order valence-electron chi connectivity index (χ1n) is 10.6. The van der Waals surface area contributed by atoms with Crippen molar-refractivity contribution in [1.82, 2.24) is 4.90 Å². The molecule has 0 aromatic heterocycles. The summed E-state index contributed by atoms with van der Waals surface area (Å²) in [6.45, 7) is 0. The van der Waals surface area contributed by atoms with Gasteiger partial charge in [-0.3, -0.25) is 0 Å². The Labute approximate surface area is 198 Å². The molecule has 0 N–H and O–H groups in total. The summed E-state index contributed by atoms with van der Waals surface area (Å²) in [4.78, 5) is 26.3. The van der Waals surface area contributed by atoms with Gasteiger partial charge >= 0.3 is 11.9 Å². The molecule has 1 aliphatic heterocycles. The molecule has 0 amide bonds. The van der Waals surface area contributed by atoms with Gasteiger partial charge in [0.05, 0.1) is 33.0 Å². The lowest BCUT2D eigenvalue weighted by Gasteiger charge is -2.32. The number of benzene rings is 3. The summed E-state index contributed by atoms with van der Waals surface area (Å²) in [7, 11) is 4.12. The molecule has 0 spiro atoms. The van der Waals surface area contributed by atoms with E-state index in [1.165, 1.54) is 14.2 Å². The van der Waals surface area contributed by atoms with Crippen LogP contribution >= 0.6 is 0 Å². The van der Waals surface area contributed by atoms with Crippen molar-refractivity contribution in [2.24, 2.45) is 0 Å². The van der Waals surface area contributed by atoms with Crippen LogP contribution in [0.25, 0.3) is 16.8 Å². The Morgan fingerprint density at radius 2 is 1.71 bits per heavy atom. The average molecular weight is 453 g/mol. The Morgan fingerprint density at radius 1 is 0.941 bits per heavy atom. The fourth-order valence-corrected chi connectivity index (χ4v) is 3.88. The molecular weight excluding hydrogens is 430 g/mol. The van der Waals surface area contributed by atoms with Gasteiger partial charge in [-0.25, -0.2) is 9.59 Å². The number of carbonyl (C=O) groups is 2. The van der Waals surface area contributed by atoms with Crippen LogP contribution in [0.1, 0.15) is 22.7 Å². The summed E-state index contributed by atoms with van der Waals surface area (Å²) in [6.07, 6.45) is 4.69. The molecule has 34 heavy (non-hydrogen) atoms. The largest absolute Gasteiger partial charge is 0.495 e. The molecule has 6 heteroatoms. The summed E-state index contributed by atoms with van der Waals surface area (Å²) in [6, 6.07) is 19.0. The van der Waals surface area contributed by atoms with Crippen LogP contribution in [0, 0.1) is 11.8 Å². The van der Waals surface area contributed by atoms with Gasteiger partial charge in [0, 0.05) is 11.6 Å². The number of hydrogen-bond donors (Lipinski definition) is 0. The Kier molecular flexibility index (Phi) is 6.65. The number of nitrogens with zero attached hydrogens (tertiary/aromatic N) is 1. The van der Waals surface area contributed by atoms with E-state index in [2.05, 4.69) is 11.8 Å². The van der Waals surface area contributed by atoms with E-state index in [1.54, 1.807) is 18.2 Å². The van der Waals surface area contributed by atoms with Gasteiger partial charge in [0.2, 0.25) is 0 Å². The van der Waals surface area contributed by atoms with Gasteiger partial charge in [-0.05, 0) is 28.7 Å². The lowest BCUT2D eigenvalue weighted by atomic mass is 9.95. The van der Waals surface area contributed by atoms with Gasteiger partial charge in [0.25, 0.3) is 0 Å². The standard InChI is InChI=1S/C28H23NO5/c1-32-26-15-12-19-8-4-6-10-21(19)23(26)13-14-24-22-11-7-5-9-20(22)16-17-29(24)25(28(31)34-3)18-27(30)33-2/h4-12,15-18,24H,1-3H3/b25-18+. The highest BCUT2D eigenvalue weighted by Crippen LogP contribution is 2.34. The van der Waals surface area contributed by atoms with Crippen LogP contribution < -0.4 is 4.74 Å². The van der Waals surface area contributed by atoms with E-state index in [0.29, 0.717) is 5.75 Å². The highest BCUT2D eigenvalue weighted by Gasteiger charge is 2.29. The predicted octanol–water partition coefficient (Wildman–Crippen LogP) is 4.46. The van der Waals surface area contributed by atoms with E-state index in [0.717, 1.165) is 33.5 Å². The number of methoxy groups -OCH3 is 3. The van der Waals surface area contributed by atoms with Gasteiger partial charge in [-0.2, -0.15) is 0 Å². The third-order valence-electron chi connectivity index (χ3n) is 5.56. The monoisotopic (exact) mass is 453 g/mol.